The fourth-order valence-electron chi connectivity index (χ4n) is 6.28. The smallest absolute Gasteiger partial charge is 0.306 e. The summed E-state index contributed by atoms with van der Waals surface area (Å²) in [5.74, 6) is -0.732. The van der Waals surface area contributed by atoms with E-state index in [-0.39, 0.29) is 39.3 Å². The average molecular weight is 824 g/mol. The molecule has 59 heavy (non-hydrogen) atoms. The number of aliphatic hydroxyl groups excluding tert-OH is 2. The summed E-state index contributed by atoms with van der Waals surface area (Å²) >= 11 is 6.75. The standard InChI is InChI=1S/C44H46ClN5O9/c1-27-30(26-59-42-18-41(58-25-29-14-32(46-3)21-48-19-29)31(15-39(42)45)20-49-23-34(52)17-44(55)56)6-4-7-36(27)37-8-5-9-38(28(37)2)40-11-10-35(24-50-40)57-13-12-47-22-33(51)16-43(53)54/h4-11,14-15,18-19,21,24,33-34,47,49,51-52H,12-13,16-17,20,22-23,25-26H2,1-2H3,(H,53,54)(H,55,56)/t33-,34-/m0/s1. The molecule has 3 aromatic carbocycles. The van der Waals surface area contributed by atoms with Crippen molar-refractivity contribution in [3.05, 3.63) is 130 Å². The predicted molar refractivity (Wildman–Crippen MR) is 222 cm³/mol. The number of nitrogens with zero attached hydrogens (tertiary/aromatic N) is 3. The molecule has 0 saturated heterocycles. The Bertz CT molecular complexity index is 2270. The first kappa shape index (κ1) is 44.0. The summed E-state index contributed by atoms with van der Waals surface area (Å²) in [6, 6.07) is 21.0. The summed E-state index contributed by atoms with van der Waals surface area (Å²) in [5, 5.41) is 43.8. The van der Waals surface area contributed by atoms with Gasteiger partial charge in [-0.25, -0.2) is 4.85 Å². The second-order valence-corrected chi connectivity index (χ2v) is 14.2. The van der Waals surface area contributed by atoms with Gasteiger partial charge in [-0.2, -0.15) is 0 Å². The maximum absolute atomic E-state index is 11.0. The van der Waals surface area contributed by atoms with Crippen LogP contribution in [0.4, 0.5) is 5.69 Å². The minimum Gasteiger partial charge on any atom is -0.491 e. The number of aromatic nitrogens is 2. The van der Waals surface area contributed by atoms with Gasteiger partial charge in [-0.3, -0.25) is 19.6 Å². The predicted octanol–water partition coefficient (Wildman–Crippen LogP) is 6.52. The van der Waals surface area contributed by atoms with E-state index in [1.165, 1.54) is 6.20 Å². The Hall–Kier alpha value is -6.08. The lowest BCUT2D eigenvalue weighted by Gasteiger charge is -2.18. The number of nitrogens with one attached hydrogen (secondary N) is 2. The number of aliphatic carboxylic acids is 2. The van der Waals surface area contributed by atoms with E-state index >= 15 is 0 Å². The van der Waals surface area contributed by atoms with Crippen LogP contribution >= 0.6 is 11.6 Å². The van der Waals surface area contributed by atoms with Gasteiger partial charge in [0.05, 0.1) is 48.5 Å². The van der Waals surface area contributed by atoms with Crippen molar-refractivity contribution in [3.63, 3.8) is 0 Å². The Morgan fingerprint density at radius 2 is 1.46 bits per heavy atom. The number of aliphatic hydroxyl groups is 2. The first-order chi connectivity index (χ1) is 28.4. The van der Waals surface area contributed by atoms with Gasteiger partial charge in [0.15, 0.2) is 0 Å². The second kappa shape index (κ2) is 21.6. The van der Waals surface area contributed by atoms with Crippen molar-refractivity contribution in [3.8, 4) is 39.6 Å². The van der Waals surface area contributed by atoms with Crippen molar-refractivity contribution in [2.24, 2.45) is 0 Å². The molecule has 0 radical (unpaired) electrons. The molecule has 14 nitrogen and oxygen atoms in total. The average Bonchev–Trinajstić information content (AvgIpc) is 3.20. The van der Waals surface area contributed by atoms with E-state index in [4.69, 9.17) is 42.6 Å². The molecule has 0 bridgehead atoms. The van der Waals surface area contributed by atoms with Crippen LogP contribution in [0.25, 0.3) is 27.2 Å². The van der Waals surface area contributed by atoms with Crippen molar-refractivity contribution in [1.82, 2.24) is 20.6 Å². The van der Waals surface area contributed by atoms with Gasteiger partial charge in [-0.05, 0) is 71.5 Å². The van der Waals surface area contributed by atoms with E-state index in [9.17, 15) is 19.8 Å². The van der Waals surface area contributed by atoms with Crippen molar-refractivity contribution in [1.29, 1.82) is 0 Å². The van der Waals surface area contributed by atoms with Gasteiger partial charge in [-0.15, -0.1) is 0 Å². The van der Waals surface area contributed by atoms with Crippen LogP contribution in [0.5, 0.6) is 17.2 Å². The molecule has 0 spiro atoms. The fourth-order valence-corrected chi connectivity index (χ4v) is 6.52. The zero-order chi connectivity index (χ0) is 42.3. The monoisotopic (exact) mass is 823 g/mol. The van der Waals surface area contributed by atoms with Crippen LogP contribution in [-0.2, 0) is 29.3 Å². The number of hydrogen-bond donors (Lipinski definition) is 6. The van der Waals surface area contributed by atoms with Crippen LogP contribution in [0.3, 0.4) is 0 Å². The number of rotatable bonds is 22. The lowest BCUT2D eigenvalue weighted by atomic mass is 9.90. The third kappa shape index (κ3) is 13.0. The molecule has 15 heteroatoms. The lowest BCUT2D eigenvalue weighted by Crippen LogP contribution is -2.31. The number of carboxylic acids is 2. The Morgan fingerprint density at radius 3 is 2.15 bits per heavy atom. The Labute approximate surface area is 347 Å². The van der Waals surface area contributed by atoms with Crippen LogP contribution in [0.15, 0.2) is 85.3 Å². The minimum absolute atomic E-state index is 0.0426. The third-order valence-corrected chi connectivity index (χ3v) is 9.62. The quantitative estimate of drug-likeness (QED) is 0.0326. The fraction of sp³-hybridized carbons (Fsp3) is 0.295. The van der Waals surface area contributed by atoms with Gasteiger partial charge in [0.2, 0.25) is 5.69 Å². The number of pyridine rings is 2. The largest absolute Gasteiger partial charge is 0.491 e. The van der Waals surface area contributed by atoms with E-state index in [2.05, 4.69) is 44.5 Å². The first-order valence-electron chi connectivity index (χ1n) is 18.8. The molecule has 6 N–H and O–H groups in total. The second-order valence-electron chi connectivity index (χ2n) is 13.8. The molecule has 0 saturated carbocycles. The van der Waals surface area contributed by atoms with Crippen molar-refractivity contribution >= 4 is 29.2 Å². The molecule has 2 heterocycles. The van der Waals surface area contributed by atoms with Crippen molar-refractivity contribution < 1.29 is 44.2 Å². The van der Waals surface area contributed by atoms with Gasteiger partial charge < -0.3 is 45.3 Å². The number of halogens is 1. The molecular formula is C44H46ClN5O9. The molecular weight excluding hydrogens is 778 g/mol. The summed E-state index contributed by atoms with van der Waals surface area (Å²) in [6.45, 7) is 12.9. The summed E-state index contributed by atoms with van der Waals surface area (Å²) in [7, 11) is 0. The SMILES string of the molecule is [C-]#[N+]c1cncc(COc2cc(OCc3cccc(-c4cccc(-c5ccc(OCCNC[C@@H](O)CC(=O)O)cn5)c4C)c3C)c(Cl)cc2CNC[C@@H](O)CC(=O)O)c1. The number of benzene rings is 3. The molecule has 5 rings (SSSR count). The molecule has 0 amide bonds. The normalized spacial score (nSPS) is 12.0. The van der Waals surface area contributed by atoms with Gasteiger partial charge in [0.25, 0.3) is 0 Å². The highest BCUT2D eigenvalue weighted by Crippen LogP contribution is 2.37. The zero-order valence-electron chi connectivity index (χ0n) is 32.7. The molecule has 308 valence electrons. The van der Waals surface area contributed by atoms with E-state index in [0.717, 1.165) is 39.1 Å². The van der Waals surface area contributed by atoms with Gasteiger partial charge in [-0.1, -0.05) is 48.0 Å². The molecule has 0 fully saturated rings. The van der Waals surface area contributed by atoms with E-state index in [0.29, 0.717) is 52.2 Å². The lowest BCUT2D eigenvalue weighted by molar-refractivity contribution is -0.140. The Kier molecular flexibility index (Phi) is 16.1. The topological polar surface area (TPSA) is 197 Å². The van der Waals surface area contributed by atoms with Gasteiger partial charge in [0, 0.05) is 55.8 Å². The molecule has 5 aromatic rings. The molecule has 2 atom stereocenters. The number of ether oxygens (including phenoxy) is 3. The summed E-state index contributed by atoms with van der Waals surface area (Å²) in [5.41, 5.74) is 8.55. The van der Waals surface area contributed by atoms with E-state index in [1.807, 2.05) is 43.3 Å². The van der Waals surface area contributed by atoms with Crippen LogP contribution in [0.1, 0.15) is 40.7 Å². The van der Waals surface area contributed by atoms with Crippen LogP contribution in [0.2, 0.25) is 5.02 Å². The maximum atomic E-state index is 11.0. The highest BCUT2D eigenvalue weighted by Gasteiger charge is 2.17. The third-order valence-electron chi connectivity index (χ3n) is 9.33. The summed E-state index contributed by atoms with van der Waals surface area (Å²) < 4.78 is 18.3. The summed E-state index contributed by atoms with van der Waals surface area (Å²) in [4.78, 5) is 33.9. The zero-order valence-corrected chi connectivity index (χ0v) is 33.4. The number of hydrogen-bond acceptors (Lipinski definition) is 11. The van der Waals surface area contributed by atoms with Gasteiger partial charge in [0.1, 0.15) is 37.1 Å². The van der Waals surface area contributed by atoms with E-state index in [1.54, 1.807) is 30.6 Å². The Morgan fingerprint density at radius 1 is 0.780 bits per heavy atom. The summed E-state index contributed by atoms with van der Waals surface area (Å²) in [6.07, 6.45) is 1.99. The van der Waals surface area contributed by atoms with Crippen molar-refractivity contribution in [2.45, 2.75) is 58.7 Å². The molecule has 2 aromatic heterocycles. The minimum atomic E-state index is -1.10. The van der Waals surface area contributed by atoms with Crippen LogP contribution in [-0.4, -0.2) is 80.8 Å². The number of carboxylic acid groups (broad SMARTS) is 2. The Balaban J connectivity index is 1.28. The van der Waals surface area contributed by atoms with Crippen LogP contribution < -0.4 is 24.8 Å². The number of carbonyl (C=O) groups is 2. The van der Waals surface area contributed by atoms with Crippen LogP contribution in [0, 0.1) is 20.4 Å². The molecule has 0 aliphatic rings. The molecule has 0 aliphatic heterocycles. The molecule has 0 unspecified atom stereocenters. The first-order valence-corrected chi connectivity index (χ1v) is 19.2. The highest BCUT2D eigenvalue weighted by atomic mass is 35.5. The molecule has 0 aliphatic carbocycles. The highest BCUT2D eigenvalue weighted by molar-refractivity contribution is 6.32. The maximum Gasteiger partial charge on any atom is 0.306 e. The van der Waals surface area contributed by atoms with Gasteiger partial charge >= 0.3 is 11.9 Å². The van der Waals surface area contributed by atoms with E-state index < -0.39 is 30.6 Å². The van der Waals surface area contributed by atoms with Crippen molar-refractivity contribution in [2.75, 3.05) is 26.2 Å².